The Morgan fingerprint density at radius 1 is 1.00 bits per heavy atom. The lowest BCUT2D eigenvalue weighted by Gasteiger charge is -2.22. The zero-order valence-electron chi connectivity index (χ0n) is 14.8. The summed E-state index contributed by atoms with van der Waals surface area (Å²) in [4.78, 5) is 28.4. The fourth-order valence-corrected chi connectivity index (χ4v) is 3.25. The Labute approximate surface area is 152 Å². The van der Waals surface area contributed by atoms with Gasteiger partial charge in [0.2, 0.25) is 5.91 Å². The molecule has 1 aromatic heterocycles. The van der Waals surface area contributed by atoms with Crippen LogP contribution in [0.25, 0.3) is 0 Å². The van der Waals surface area contributed by atoms with Crippen LogP contribution >= 0.6 is 0 Å². The van der Waals surface area contributed by atoms with Gasteiger partial charge in [0.1, 0.15) is 5.82 Å². The fraction of sp³-hybridized carbons (Fsp3) is 0.400. The number of aromatic nitrogens is 1. The summed E-state index contributed by atoms with van der Waals surface area (Å²) in [6.07, 6.45) is 2.96. The lowest BCUT2D eigenvalue weighted by atomic mass is 10.2. The average Bonchev–Trinajstić information content (AvgIpc) is 2.88. The predicted molar refractivity (Wildman–Crippen MR) is 98.2 cm³/mol. The Hall–Kier alpha value is -2.47. The van der Waals surface area contributed by atoms with Crippen LogP contribution in [0.5, 0.6) is 0 Å². The number of carbonyl (C=O) groups excluding carboxylic acids is 1. The molecule has 0 saturated carbocycles. The third-order valence-corrected chi connectivity index (χ3v) is 4.73. The number of carbonyl (C=O) groups is 1. The molecule has 0 bridgehead atoms. The second-order valence-corrected chi connectivity index (χ2v) is 6.62. The van der Waals surface area contributed by atoms with E-state index in [2.05, 4.69) is 4.90 Å². The number of halogens is 1. The first-order valence-electron chi connectivity index (χ1n) is 9.02. The normalized spacial score (nSPS) is 15.7. The quantitative estimate of drug-likeness (QED) is 0.823. The second kappa shape index (κ2) is 8.76. The Morgan fingerprint density at radius 2 is 1.81 bits per heavy atom. The van der Waals surface area contributed by atoms with Crippen molar-refractivity contribution in [1.29, 1.82) is 0 Å². The Balaban J connectivity index is 1.49. The van der Waals surface area contributed by atoms with Crippen molar-refractivity contribution in [3.05, 3.63) is 70.4 Å². The van der Waals surface area contributed by atoms with Crippen LogP contribution in [0.1, 0.15) is 18.4 Å². The van der Waals surface area contributed by atoms with E-state index in [4.69, 9.17) is 0 Å². The van der Waals surface area contributed by atoms with E-state index in [1.165, 1.54) is 18.2 Å². The van der Waals surface area contributed by atoms with Crippen molar-refractivity contribution in [3.8, 4) is 0 Å². The summed E-state index contributed by atoms with van der Waals surface area (Å²) in [5.41, 5.74) is 0.997. The molecule has 0 radical (unpaired) electrons. The van der Waals surface area contributed by atoms with Gasteiger partial charge in [-0.1, -0.05) is 18.2 Å². The van der Waals surface area contributed by atoms with Gasteiger partial charge >= 0.3 is 0 Å². The predicted octanol–water partition coefficient (Wildman–Crippen LogP) is 2.11. The van der Waals surface area contributed by atoms with Crippen molar-refractivity contribution in [2.24, 2.45) is 0 Å². The van der Waals surface area contributed by atoms with Crippen LogP contribution in [0.4, 0.5) is 4.39 Å². The molecule has 138 valence electrons. The molecule has 0 spiro atoms. The molecule has 0 unspecified atom stereocenters. The van der Waals surface area contributed by atoms with E-state index in [0.717, 1.165) is 38.2 Å². The van der Waals surface area contributed by atoms with E-state index in [9.17, 15) is 14.0 Å². The number of amides is 1. The van der Waals surface area contributed by atoms with Crippen molar-refractivity contribution in [1.82, 2.24) is 14.4 Å². The standard InChI is InChI=1S/C20H24FN3O2/c21-18-7-5-17(6-8-18)16-22-10-3-12-24(15-14-22)20(26)9-13-23-11-2-1-4-19(23)25/h1-2,4-8,11H,3,9-10,12-16H2. The van der Waals surface area contributed by atoms with Crippen molar-refractivity contribution in [2.45, 2.75) is 25.9 Å². The van der Waals surface area contributed by atoms with Gasteiger partial charge in [0.15, 0.2) is 0 Å². The molecule has 26 heavy (non-hydrogen) atoms. The average molecular weight is 357 g/mol. The van der Waals surface area contributed by atoms with Gasteiger partial charge in [0, 0.05) is 58.0 Å². The minimum absolute atomic E-state index is 0.0818. The molecule has 0 N–H and O–H groups in total. The summed E-state index contributed by atoms with van der Waals surface area (Å²) in [6.45, 7) is 4.32. The van der Waals surface area contributed by atoms with Gasteiger partial charge in [-0.05, 0) is 30.2 Å². The number of aryl methyl sites for hydroxylation is 1. The highest BCUT2D eigenvalue weighted by Crippen LogP contribution is 2.11. The molecule has 2 aromatic rings. The molecule has 1 aromatic carbocycles. The van der Waals surface area contributed by atoms with Crippen LogP contribution in [-0.4, -0.2) is 46.5 Å². The summed E-state index contributed by atoms with van der Waals surface area (Å²) in [6, 6.07) is 11.6. The van der Waals surface area contributed by atoms with Crippen molar-refractivity contribution in [2.75, 3.05) is 26.2 Å². The van der Waals surface area contributed by atoms with Gasteiger partial charge in [-0.15, -0.1) is 0 Å². The van der Waals surface area contributed by atoms with Gasteiger partial charge in [-0.25, -0.2) is 4.39 Å². The highest BCUT2D eigenvalue weighted by molar-refractivity contribution is 5.76. The molecule has 1 saturated heterocycles. The van der Waals surface area contributed by atoms with E-state index in [1.807, 2.05) is 4.90 Å². The van der Waals surface area contributed by atoms with Gasteiger partial charge < -0.3 is 9.47 Å². The molecule has 1 fully saturated rings. The number of hydrogen-bond acceptors (Lipinski definition) is 3. The van der Waals surface area contributed by atoms with Crippen LogP contribution in [-0.2, 0) is 17.9 Å². The minimum atomic E-state index is -0.223. The van der Waals surface area contributed by atoms with Crippen molar-refractivity contribution in [3.63, 3.8) is 0 Å². The monoisotopic (exact) mass is 357 g/mol. The maximum Gasteiger partial charge on any atom is 0.250 e. The lowest BCUT2D eigenvalue weighted by Crippen LogP contribution is -2.36. The lowest BCUT2D eigenvalue weighted by molar-refractivity contribution is -0.131. The molecule has 1 aliphatic heterocycles. The number of rotatable bonds is 5. The van der Waals surface area contributed by atoms with E-state index in [1.54, 1.807) is 35.0 Å². The molecule has 0 atom stereocenters. The molecular formula is C20H24FN3O2. The van der Waals surface area contributed by atoms with Crippen LogP contribution in [0.15, 0.2) is 53.5 Å². The molecule has 5 nitrogen and oxygen atoms in total. The number of hydrogen-bond donors (Lipinski definition) is 0. The Bertz CT molecular complexity index is 788. The van der Waals surface area contributed by atoms with E-state index in [-0.39, 0.29) is 17.3 Å². The molecule has 6 heteroatoms. The van der Waals surface area contributed by atoms with Crippen LogP contribution in [0.2, 0.25) is 0 Å². The van der Waals surface area contributed by atoms with Gasteiger partial charge in [-0.2, -0.15) is 0 Å². The first-order valence-corrected chi connectivity index (χ1v) is 9.02. The van der Waals surface area contributed by atoms with Crippen molar-refractivity contribution < 1.29 is 9.18 Å². The zero-order chi connectivity index (χ0) is 18.4. The SMILES string of the molecule is O=C(CCn1ccccc1=O)N1CCCN(Cc2ccc(F)cc2)CC1. The Morgan fingerprint density at radius 3 is 2.58 bits per heavy atom. The van der Waals surface area contributed by atoms with Crippen LogP contribution < -0.4 is 5.56 Å². The Kier molecular flexibility index (Phi) is 6.17. The highest BCUT2D eigenvalue weighted by atomic mass is 19.1. The minimum Gasteiger partial charge on any atom is -0.341 e. The number of benzene rings is 1. The molecule has 1 aliphatic rings. The second-order valence-electron chi connectivity index (χ2n) is 6.62. The number of nitrogens with zero attached hydrogens (tertiary/aromatic N) is 3. The van der Waals surface area contributed by atoms with Crippen LogP contribution in [0.3, 0.4) is 0 Å². The summed E-state index contributed by atoms with van der Waals surface area (Å²) in [5, 5.41) is 0. The third kappa shape index (κ3) is 5.02. The summed E-state index contributed by atoms with van der Waals surface area (Å²) in [7, 11) is 0. The largest absolute Gasteiger partial charge is 0.341 e. The smallest absolute Gasteiger partial charge is 0.250 e. The highest BCUT2D eigenvalue weighted by Gasteiger charge is 2.19. The first-order chi connectivity index (χ1) is 12.6. The molecule has 1 amide bonds. The first kappa shape index (κ1) is 18.3. The van der Waals surface area contributed by atoms with E-state index in [0.29, 0.717) is 19.5 Å². The van der Waals surface area contributed by atoms with Gasteiger partial charge in [0.05, 0.1) is 0 Å². The van der Waals surface area contributed by atoms with Crippen molar-refractivity contribution >= 4 is 5.91 Å². The van der Waals surface area contributed by atoms with E-state index >= 15 is 0 Å². The summed E-state index contributed by atoms with van der Waals surface area (Å²) in [5.74, 6) is -0.136. The van der Waals surface area contributed by atoms with Gasteiger partial charge in [-0.3, -0.25) is 14.5 Å². The topological polar surface area (TPSA) is 45.6 Å². The molecular weight excluding hydrogens is 333 g/mol. The molecule has 0 aliphatic carbocycles. The zero-order valence-corrected chi connectivity index (χ0v) is 14.8. The van der Waals surface area contributed by atoms with E-state index < -0.39 is 0 Å². The molecule has 3 rings (SSSR count). The molecule has 2 heterocycles. The maximum absolute atomic E-state index is 13.0. The van der Waals surface area contributed by atoms with Crippen LogP contribution in [0, 0.1) is 5.82 Å². The number of pyridine rings is 1. The maximum atomic E-state index is 13.0. The summed E-state index contributed by atoms with van der Waals surface area (Å²) >= 11 is 0. The fourth-order valence-electron chi connectivity index (χ4n) is 3.25. The van der Waals surface area contributed by atoms with Gasteiger partial charge in [0.25, 0.3) is 5.56 Å². The third-order valence-electron chi connectivity index (χ3n) is 4.73. The summed E-state index contributed by atoms with van der Waals surface area (Å²) < 4.78 is 14.6.